The van der Waals surface area contributed by atoms with Gasteiger partial charge in [-0.25, -0.2) is 0 Å². The number of hydrogen-bond acceptors (Lipinski definition) is 6. The van der Waals surface area contributed by atoms with Crippen molar-refractivity contribution in [2.45, 2.75) is 37.8 Å². The molecule has 2 aromatic heterocycles. The molecule has 1 aliphatic rings. The van der Waals surface area contributed by atoms with Crippen LogP contribution in [0.4, 0.5) is 0 Å². The Hall–Kier alpha value is -1.51. The average molecular weight is 329 g/mol. The van der Waals surface area contributed by atoms with Crippen LogP contribution < -0.4 is 11.1 Å². The van der Waals surface area contributed by atoms with E-state index in [1.165, 1.54) is 22.3 Å². The maximum Gasteiger partial charge on any atom is 0.263 e. The number of nitrogens with zero attached hydrogens (tertiary/aromatic N) is 4. The Morgan fingerprint density at radius 3 is 2.81 bits per heavy atom. The van der Waals surface area contributed by atoms with Gasteiger partial charge in [0.15, 0.2) is 0 Å². The maximum atomic E-state index is 12.4. The van der Waals surface area contributed by atoms with Gasteiger partial charge in [-0.05, 0) is 47.6 Å². The van der Waals surface area contributed by atoms with Crippen molar-refractivity contribution < 1.29 is 4.79 Å². The smallest absolute Gasteiger partial charge is 0.263 e. The summed E-state index contributed by atoms with van der Waals surface area (Å²) in [5.41, 5.74) is 6.59. The number of hydrogen-bond donors (Lipinski definition) is 2. The third-order valence-corrected chi connectivity index (χ3v) is 4.46. The predicted molar refractivity (Wildman–Crippen MR) is 82.0 cm³/mol. The van der Waals surface area contributed by atoms with Gasteiger partial charge in [0, 0.05) is 12.1 Å². The number of nitrogens with one attached hydrogen (secondary N) is 1. The SMILES string of the molecule is Cl.NC1CCC(NC(=O)c2sccc2-n2cnnn2)CC1. The minimum atomic E-state index is -0.0639. The van der Waals surface area contributed by atoms with E-state index in [1.807, 2.05) is 11.4 Å². The highest BCUT2D eigenvalue weighted by Gasteiger charge is 2.22. The van der Waals surface area contributed by atoms with Crippen molar-refractivity contribution in [3.63, 3.8) is 0 Å². The Bertz CT molecular complexity index is 578. The van der Waals surface area contributed by atoms with E-state index in [9.17, 15) is 4.79 Å². The molecule has 3 N–H and O–H groups in total. The highest BCUT2D eigenvalue weighted by molar-refractivity contribution is 7.12. The van der Waals surface area contributed by atoms with E-state index in [0.717, 1.165) is 25.7 Å². The molecular formula is C12H17ClN6OS. The lowest BCUT2D eigenvalue weighted by Gasteiger charge is -2.26. The summed E-state index contributed by atoms with van der Waals surface area (Å²) < 4.78 is 1.50. The van der Waals surface area contributed by atoms with Crippen LogP contribution in [0.1, 0.15) is 35.4 Å². The van der Waals surface area contributed by atoms with Crippen LogP contribution in [0.25, 0.3) is 5.69 Å². The Kier molecular flexibility index (Phi) is 5.27. The highest BCUT2D eigenvalue weighted by atomic mass is 35.5. The minimum Gasteiger partial charge on any atom is -0.349 e. The van der Waals surface area contributed by atoms with Gasteiger partial charge in [-0.2, -0.15) is 4.68 Å². The molecule has 0 radical (unpaired) electrons. The van der Waals surface area contributed by atoms with Crippen molar-refractivity contribution in [1.82, 2.24) is 25.5 Å². The second-order valence-electron chi connectivity index (χ2n) is 4.97. The molecule has 0 bridgehead atoms. The van der Waals surface area contributed by atoms with Crippen molar-refractivity contribution >= 4 is 29.7 Å². The van der Waals surface area contributed by atoms with E-state index in [0.29, 0.717) is 10.6 Å². The molecule has 9 heteroatoms. The van der Waals surface area contributed by atoms with Crippen molar-refractivity contribution in [3.05, 3.63) is 22.7 Å². The molecule has 0 aliphatic heterocycles. The predicted octanol–water partition coefficient (Wildman–Crippen LogP) is 1.15. The van der Waals surface area contributed by atoms with Gasteiger partial charge in [0.2, 0.25) is 0 Å². The average Bonchev–Trinajstić information content (AvgIpc) is 3.11. The summed E-state index contributed by atoms with van der Waals surface area (Å²) in [5, 5.41) is 16.0. The van der Waals surface area contributed by atoms with Crippen LogP contribution in [0.3, 0.4) is 0 Å². The second-order valence-corrected chi connectivity index (χ2v) is 5.89. The summed E-state index contributed by atoms with van der Waals surface area (Å²) in [6.07, 6.45) is 5.31. The van der Waals surface area contributed by atoms with E-state index in [1.54, 1.807) is 0 Å². The lowest BCUT2D eigenvalue weighted by atomic mass is 9.92. The van der Waals surface area contributed by atoms with E-state index >= 15 is 0 Å². The van der Waals surface area contributed by atoms with E-state index in [4.69, 9.17) is 5.73 Å². The van der Waals surface area contributed by atoms with Gasteiger partial charge in [-0.1, -0.05) is 0 Å². The Morgan fingerprint density at radius 1 is 1.38 bits per heavy atom. The molecule has 2 heterocycles. The summed E-state index contributed by atoms with van der Waals surface area (Å²) in [6.45, 7) is 0. The highest BCUT2D eigenvalue weighted by Crippen LogP contribution is 2.22. The molecule has 0 aromatic carbocycles. The fourth-order valence-electron chi connectivity index (χ4n) is 2.44. The zero-order valence-corrected chi connectivity index (χ0v) is 12.9. The third kappa shape index (κ3) is 3.58. The number of thiophene rings is 1. The normalized spacial score (nSPS) is 21.6. The first-order valence-corrected chi connectivity index (χ1v) is 7.49. The minimum absolute atomic E-state index is 0. The number of amides is 1. The number of carbonyl (C=O) groups excluding carboxylic acids is 1. The van der Waals surface area contributed by atoms with Gasteiger partial charge in [0.25, 0.3) is 5.91 Å². The van der Waals surface area contributed by atoms with Crippen LogP contribution in [0, 0.1) is 0 Å². The summed E-state index contributed by atoms with van der Waals surface area (Å²) in [5.74, 6) is -0.0639. The number of carbonyl (C=O) groups is 1. The Morgan fingerprint density at radius 2 is 2.14 bits per heavy atom. The van der Waals surface area contributed by atoms with E-state index < -0.39 is 0 Å². The number of rotatable bonds is 3. The van der Waals surface area contributed by atoms with Gasteiger partial charge in [0.1, 0.15) is 11.2 Å². The Balaban J connectivity index is 0.00000161. The first-order valence-electron chi connectivity index (χ1n) is 6.61. The third-order valence-electron chi connectivity index (χ3n) is 3.55. The molecule has 0 spiro atoms. The monoisotopic (exact) mass is 328 g/mol. The lowest BCUT2D eigenvalue weighted by Crippen LogP contribution is -2.40. The van der Waals surface area contributed by atoms with Gasteiger partial charge in [0.05, 0.1) is 5.69 Å². The fourth-order valence-corrected chi connectivity index (χ4v) is 3.22. The standard InChI is InChI=1S/C12H16N6OS.ClH/c13-8-1-3-9(4-2-8)15-12(19)11-10(5-6-20-11)18-7-14-16-17-18;/h5-9H,1-4,13H2,(H,15,19);1H. The Labute approximate surface area is 132 Å². The van der Waals surface area contributed by atoms with Gasteiger partial charge < -0.3 is 11.1 Å². The maximum absolute atomic E-state index is 12.4. The van der Waals surface area contributed by atoms with Gasteiger partial charge >= 0.3 is 0 Å². The second kappa shape index (κ2) is 6.97. The molecule has 0 saturated heterocycles. The van der Waals surface area contributed by atoms with E-state index in [2.05, 4.69) is 20.8 Å². The molecule has 0 atom stereocenters. The summed E-state index contributed by atoms with van der Waals surface area (Å²) in [6, 6.07) is 2.33. The molecule has 21 heavy (non-hydrogen) atoms. The fraction of sp³-hybridized carbons (Fsp3) is 0.500. The topological polar surface area (TPSA) is 98.7 Å². The number of halogens is 1. The summed E-state index contributed by atoms with van der Waals surface area (Å²) >= 11 is 1.39. The molecule has 1 saturated carbocycles. The molecule has 2 aromatic rings. The summed E-state index contributed by atoms with van der Waals surface area (Å²) in [7, 11) is 0. The van der Waals surface area contributed by atoms with Crippen LogP contribution in [-0.2, 0) is 0 Å². The van der Waals surface area contributed by atoms with Crippen molar-refractivity contribution in [2.24, 2.45) is 5.73 Å². The van der Waals surface area contributed by atoms with Gasteiger partial charge in [-0.15, -0.1) is 28.8 Å². The molecule has 1 aliphatic carbocycles. The van der Waals surface area contributed by atoms with Crippen molar-refractivity contribution in [1.29, 1.82) is 0 Å². The number of nitrogens with two attached hydrogens (primary N) is 1. The first-order chi connectivity index (χ1) is 9.74. The van der Waals surface area contributed by atoms with Crippen LogP contribution in [0.5, 0.6) is 0 Å². The molecule has 3 rings (SSSR count). The van der Waals surface area contributed by atoms with Crippen LogP contribution >= 0.6 is 23.7 Å². The van der Waals surface area contributed by atoms with Gasteiger partial charge in [-0.3, -0.25) is 4.79 Å². The molecule has 0 unspecified atom stereocenters. The molecular weight excluding hydrogens is 312 g/mol. The largest absolute Gasteiger partial charge is 0.349 e. The van der Waals surface area contributed by atoms with Crippen molar-refractivity contribution in [3.8, 4) is 5.69 Å². The lowest BCUT2D eigenvalue weighted by molar-refractivity contribution is 0.0930. The zero-order chi connectivity index (χ0) is 13.9. The molecule has 7 nitrogen and oxygen atoms in total. The summed E-state index contributed by atoms with van der Waals surface area (Å²) in [4.78, 5) is 13.0. The number of aromatic nitrogens is 4. The molecule has 1 fully saturated rings. The van der Waals surface area contributed by atoms with Crippen LogP contribution in [-0.4, -0.2) is 38.2 Å². The van der Waals surface area contributed by atoms with Crippen molar-refractivity contribution in [2.75, 3.05) is 0 Å². The van der Waals surface area contributed by atoms with E-state index in [-0.39, 0.29) is 30.4 Å². The van der Waals surface area contributed by atoms with Crippen LogP contribution in [0.2, 0.25) is 0 Å². The zero-order valence-electron chi connectivity index (χ0n) is 11.3. The molecule has 1 amide bonds. The number of tetrazole rings is 1. The quantitative estimate of drug-likeness (QED) is 0.880. The van der Waals surface area contributed by atoms with Crippen LogP contribution in [0.15, 0.2) is 17.8 Å². The first kappa shape index (κ1) is 15.9. The molecule has 114 valence electrons.